The van der Waals surface area contributed by atoms with Gasteiger partial charge in [-0.15, -0.1) is 0 Å². The molecule has 9 nitrogen and oxygen atoms in total. The summed E-state index contributed by atoms with van der Waals surface area (Å²) in [6, 6.07) is -1.00. The summed E-state index contributed by atoms with van der Waals surface area (Å²) in [5, 5.41) is 24.1. The molecule has 0 aliphatic carbocycles. The van der Waals surface area contributed by atoms with Gasteiger partial charge in [0.1, 0.15) is 0 Å². The van der Waals surface area contributed by atoms with Crippen molar-refractivity contribution in [3.8, 4) is 0 Å². The van der Waals surface area contributed by atoms with Crippen LogP contribution in [0.4, 0.5) is 0 Å². The lowest BCUT2D eigenvalue weighted by Gasteiger charge is -2.24. The van der Waals surface area contributed by atoms with Gasteiger partial charge in [0.15, 0.2) is 0 Å². The fraction of sp³-hybridized carbons (Fsp3) is 0.848. The zero-order valence-electron chi connectivity index (χ0n) is 36.2. The van der Waals surface area contributed by atoms with Crippen molar-refractivity contribution in [1.29, 1.82) is 0 Å². The molecular formula is C46H89N2O7P. The van der Waals surface area contributed by atoms with Gasteiger partial charge < -0.3 is 26.2 Å². The van der Waals surface area contributed by atoms with Gasteiger partial charge in [-0.25, -0.2) is 4.57 Å². The highest BCUT2D eigenvalue weighted by molar-refractivity contribution is 7.47. The number of phosphoric acid groups is 1. The van der Waals surface area contributed by atoms with Gasteiger partial charge in [0, 0.05) is 6.54 Å². The Kier molecular flexibility index (Phi) is 40.8. The minimum atomic E-state index is -4.41. The summed E-state index contributed by atoms with van der Waals surface area (Å²) >= 11 is 0. The van der Waals surface area contributed by atoms with Gasteiger partial charge in [-0.2, -0.15) is 0 Å². The molecule has 0 rings (SSSR count). The molecule has 0 aromatic carbocycles. The van der Waals surface area contributed by atoms with Gasteiger partial charge in [0.2, 0.25) is 5.91 Å². The Labute approximate surface area is 344 Å². The molecule has 0 saturated carbocycles. The number of nitrogens with one attached hydrogen (secondary N) is 1. The molecule has 4 atom stereocenters. The van der Waals surface area contributed by atoms with Crippen LogP contribution in [0.15, 0.2) is 36.5 Å². The highest BCUT2D eigenvalue weighted by atomic mass is 31.2. The largest absolute Gasteiger partial charge is 0.472 e. The fourth-order valence-corrected chi connectivity index (χ4v) is 7.48. The first-order chi connectivity index (χ1) is 27.3. The number of phosphoric ester groups is 1. The van der Waals surface area contributed by atoms with Crippen molar-refractivity contribution in [2.75, 3.05) is 19.8 Å². The molecule has 0 fully saturated rings. The Balaban J connectivity index is 4.33. The summed E-state index contributed by atoms with van der Waals surface area (Å²) < 4.78 is 22.1. The first-order valence-electron chi connectivity index (χ1n) is 23.2. The van der Waals surface area contributed by atoms with Crippen molar-refractivity contribution in [2.45, 2.75) is 231 Å². The number of aliphatic hydroxyl groups is 2. The maximum atomic E-state index is 12.8. The van der Waals surface area contributed by atoms with Crippen molar-refractivity contribution < 1.29 is 33.5 Å². The smallest absolute Gasteiger partial charge is 0.393 e. The molecule has 56 heavy (non-hydrogen) atoms. The van der Waals surface area contributed by atoms with Gasteiger partial charge in [-0.3, -0.25) is 13.8 Å². The number of carbonyl (C=O) groups is 1. The third-order valence-corrected chi connectivity index (χ3v) is 11.2. The van der Waals surface area contributed by atoms with Gasteiger partial charge in [-0.05, 0) is 57.8 Å². The van der Waals surface area contributed by atoms with E-state index in [1.165, 1.54) is 135 Å². The van der Waals surface area contributed by atoms with Crippen LogP contribution in [0.5, 0.6) is 0 Å². The Morgan fingerprint density at radius 2 is 1.02 bits per heavy atom. The zero-order valence-corrected chi connectivity index (χ0v) is 37.1. The molecule has 6 N–H and O–H groups in total. The Morgan fingerprint density at radius 1 is 0.607 bits per heavy atom. The number of hydrogen-bond acceptors (Lipinski definition) is 7. The van der Waals surface area contributed by atoms with Gasteiger partial charge >= 0.3 is 7.82 Å². The predicted molar refractivity (Wildman–Crippen MR) is 237 cm³/mol. The summed E-state index contributed by atoms with van der Waals surface area (Å²) in [6.45, 7) is 3.95. The van der Waals surface area contributed by atoms with E-state index in [1.807, 2.05) is 6.08 Å². The zero-order chi connectivity index (χ0) is 41.2. The Morgan fingerprint density at radius 3 is 1.48 bits per heavy atom. The second-order valence-corrected chi connectivity index (χ2v) is 17.2. The lowest BCUT2D eigenvalue weighted by molar-refractivity contribution is -0.124. The molecule has 0 bridgehead atoms. The molecule has 0 saturated heterocycles. The van der Waals surface area contributed by atoms with E-state index in [4.69, 9.17) is 14.8 Å². The van der Waals surface area contributed by atoms with Crippen LogP contribution < -0.4 is 11.1 Å². The summed E-state index contributed by atoms with van der Waals surface area (Å²) in [7, 11) is -4.41. The molecule has 10 heteroatoms. The van der Waals surface area contributed by atoms with Gasteiger partial charge in [0.25, 0.3) is 0 Å². The quantitative estimate of drug-likeness (QED) is 0.0232. The monoisotopic (exact) mass is 813 g/mol. The van der Waals surface area contributed by atoms with Crippen molar-refractivity contribution in [2.24, 2.45) is 5.73 Å². The molecule has 0 spiro atoms. The maximum Gasteiger partial charge on any atom is 0.472 e. The first-order valence-corrected chi connectivity index (χ1v) is 24.7. The van der Waals surface area contributed by atoms with Crippen LogP contribution in [0.2, 0.25) is 0 Å². The lowest BCUT2D eigenvalue weighted by Crippen LogP contribution is -2.46. The Hall–Kier alpha value is -1.32. The second kappa shape index (κ2) is 41.8. The van der Waals surface area contributed by atoms with Crippen LogP contribution in [0.1, 0.15) is 213 Å². The van der Waals surface area contributed by atoms with Crippen LogP contribution in [0, 0.1) is 0 Å². The third kappa shape index (κ3) is 39.5. The predicted octanol–water partition coefficient (Wildman–Crippen LogP) is 12.1. The van der Waals surface area contributed by atoms with E-state index in [0.717, 1.165) is 44.9 Å². The van der Waals surface area contributed by atoms with Crippen molar-refractivity contribution in [3.05, 3.63) is 36.5 Å². The van der Waals surface area contributed by atoms with Crippen molar-refractivity contribution in [3.63, 3.8) is 0 Å². The van der Waals surface area contributed by atoms with E-state index in [2.05, 4.69) is 43.5 Å². The molecule has 330 valence electrons. The van der Waals surface area contributed by atoms with E-state index < -0.39 is 38.6 Å². The van der Waals surface area contributed by atoms with Crippen LogP contribution in [-0.4, -0.2) is 59.0 Å². The molecule has 0 aliphatic heterocycles. The van der Waals surface area contributed by atoms with Gasteiger partial charge in [0.05, 0.1) is 37.9 Å². The molecule has 1 amide bonds. The van der Waals surface area contributed by atoms with E-state index >= 15 is 0 Å². The molecule has 0 aromatic heterocycles. The fourth-order valence-electron chi connectivity index (χ4n) is 6.72. The number of nitrogens with two attached hydrogens (primary N) is 1. The number of rotatable bonds is 43. The second-order valence-electron chi connectivity index (χ2n) is 15.8. The van der Waals surface area contributed by atoms with E-state index in [-0.39, 0.29) is 19.6 Å². The minimum absolute atomic E-state index is 0.0435. The van der Waals surface area contributed by atoms with E-state index in [9.17, 15) is 24.5 Å². The summed E-state index contributed by atoms with van der Waals surface area (Å²) in [4.78, 5) is 22.8. The number of allylic oxidation sites excluding steroid dienone is 5. The van der Waals surface area contributed by atoms with Gasteiger partial charge in [-0.1, -0.05) is 185 Å². The van der Waals surface area contributed by atoms with Crippen molar-refractivity contribution in [1.82, 2.24) is 5.32 Å². The van der Waals surface area contributed by atoms with E-state index in [0.29, 0.717) is 12.8 Å². The summed E-state index contributed by atoms with van der Waals surface area (Å²) in [6.07, 6.45) is 46.6. The molecule has 0 radical (unpaired) electrons. The highest BCUT2D eigenvalue weighted by Gasteiger charge is 2.27. The van der Waals surface area contributed by atoms with Crippen LogP contribution >= 0.6 is 7.82 Å². The average Bonchev–Trinajstić information content (AvgIpc) is 3.17. The van der Waals surface area contributed by atoms with Crippen LogP contribution in [0.3, 0.4) is 0 Å². The third-order valence-electron chi connectivity index (χ3n) is 10.2. The van der Waals surface area contributed by atoms with E-state index in [1.54, 1.807) is 6.08 Å². The first kappa shape index (κ1) is 54.7. The normalized spacial score (nSPS) is 14.9. The standard InChI is InChI=1S/C46H89N2O7P/c1-3-5-7-9-11-13-15-17-19-21-22-23-25-27-29-31-33-35-37-43(49)41-46(51)48-44(42-55-56(52,53)54-40-39-47)45(50)38-36-34-32-30-28-26-24-20-18-16-14-12-10-8-6-4-2/h22-23,28,30,36,38,43-45,49-50H,3-21,24-27,29,31-35,37,39-42,47H2,1-2H3,(H,48,51)(H,52,53)/b23-22-,30-28+,38-36+. The van der Waals surface area contributed by atoms with Crippen molar-refractivity contribution >= 4 is 13.7 Å². The number of aliphatic hydroxyl groups excluding tert-OH is 2. The van der Waals surface area contributed by atoms with Crippen LogP contribution in [-0.2, 0) is 18.4 Å². The topological polar surface area (TPSA) is 151 Å². The molecular weight excluding hydrogens is 723 g/mol. The number of amides is 1. The molecule has 4 unspecified atom stereocenters. The summed E-state index contributed by atoms with van der Waals surface area (Å²) in [5.74, 6) is -0.460. The Bertz CT molecular complexity index is 993. The SMILES string of the molecule is CCCCCCCCCCC/C=C\CCCCCCCC(O)CC(=O)NC(COP(=O)(O)OCCN)C(O)/C=C/CC/C=C/CCCCCCCCCCCC. The maximum absolute atomic E-state index is 12.8. The molecule has 0 heterocycles. The summed E-state index contributed by atoms with van der Waals surface area (Å²) in [5.41, 5.74) is 5.36. The number of unbranched alkanes of at least 4 members (excludes halogenated alkanes) is 25. The lowest BCUT2D eigenvalue weighted by atomic mass is 10.0. The highest BCUT2D eigenvalue weighted by Crippen LogP contribution is 2.43. The average molecular weight is 813 g/mol. The number of carbonyl (C=O) groups excluding carboxylic acids is 1. The minimum Gasteiger partial charge on any atom is -0.393 e. The molecule has 0 aliphatic rings. The van der Waals surface area contributed by atoms with Crippen LogP contribution in [0.25, 0.3) is 0 Å². The number of hydrogen-bond donors (Lipinski definition) is 5. The molecule has 0 aromatic rings.